The van der Waals surface area contributed by atoms with Crippen LogP contribution in [0.5, 0.6) is 0 Å². The average Bonchev–Trinajstić information content (AvgIpc) is 2.57. The molecule has 0 amide bonds. The zero-order valence-corrected chi connectivity index (χ0v) is 12.8. The number of nitrogens with one attached hydrogen (secondary N) is 2. The van der Waals surface area contributed by atoms with Crippen LogP contribution >= 0.6 is 11.6 Å². The van der Waals surface area contributed by atoms with Crippen LogP contribution in [0.3, 0.4) is 0 Å². The Hall–Kier alpha value is -2.73. The standard InChI is InChI=1S/C16H13ClFN5/c17-13-3-1-2-4-14(13)21-16-22-15(10-20-23-16)19-9-11-5-7-12(18)8-6-11/h1-8,10H,9H2,(H2,19,21,22,23). The third kappa shape index (κ3) is 4.14. The molecule has 0 aliphatic heterocycles. The molecular formula is C16H13ClFN5. The van der Waals surface area contributed by atoms with Gasteiger partial charge in [0, 0.05) is 6.54 Å². The van der Waals surface area contributed by atoms with Crippen LogP contribution in [0.1, 0.15) is 5.56 Å². The van der Waals surface area contributed by atoms with Gasteiger partial charge in [-0.3, -0.25) is 0 Å². The Morgan fingerprint density at radius 3 is 2.61 bits per heavy atom. The minimum atomic E-state index is -0.260. The minimum absolute atomic E-state index is 0.260. The maximum absolute atomic E-state index is 12.9. The number of hydrogen-bond acceptors (Lipinski definition) is 5. The molecule has 2 aromatic carbocycles. The lowest BCUT2D eigenvalue weighted by atomic mass is 10.2. The van der Waals surface area contributed by atoms with Crippen molar-refractivity contribution in [3.05, 3.63) is 71.1 Å². The fourth-order valence-electron chi connectivity index (χ4n) is 1.92. The first-order valence-electron chi connectivity index (χ1n) is 6.90. The molecule has 7 heteroatoms. The van der Waals surface area contributed by atoms with Crippen LogP contribution in [0.2, 0.25) is 5.02 Å². The van der Waals surface area contributed by atoms with Crippen molar-refractivity contribution in [2.24, 2.45) is 0 Å². The van der Waals surface area contributed by atoms with E-state index in [0.717, 1.165) is 5.56 Å². The molecule has 0 bridgehead atoms. The molecule has 0 spiro atoms. The summed E-state index contributed by atoms with van der Waals surface area (Å²) in [4.78, 5) is 4.31. The van der Waals surface area contributed by atoms with E-state index < -0.39 is 0 Å². The first-order chi connectivity index (χ1) is 11.2. The molecule has 23 heavy (non-hydrogen) atoms. The molecule has 5 nitrogen and oxygen atoms in total. The molecule has 0 radical (unpaired) electrons. The summed E-state index contributed by atoms with van der Waals surface area (Å²) >= 11 is 6.08. The molecule has 1 heterocycles. The van der Waals surface area contributed by atoms with E-state index in [9.17, 15) is 4.39 Å². The molecule has 0 fully saturated rings. The van der Waals surface area contributed by atoms with Crippen molar-refractivity contribution in [2.45, 2.75) is 6.54 Å². The summed E-state index contributed by atoms with van der Waals surface area (Å²) in [6.07, 6.45) is 1.52. The Morgan fingerprint density at radius 2 is 1.83 bits per heavy atom. The van der Waals surface area contributed by atoms with Crippen LogP contribution in [0.15, 0.2) is 54.7 Å². The molecule has 0 unspecified atom stereocenters. The quantitative estimate of drug-likeness (QED) is 0.740. The molecule has 116 valence electrons. The third-order valence-corrected chi connectivity index (χ3v) is 3.40. The van der Waals surface area contributed by atoms with Gasteiger partial charge in [0.25, 0.3) is 0 Å². The van der Waals surface area contributed by atoms with Gasteiger partial charge >= 0.3 is 0 Å². The Bertz CT molecular complexity index is 794. The van der Waals surface area contributed by atoms with E-state index in [0.29, 0.717) is 29.0 Å². The molecule has 0 saturated heterocycles. The summed E-state index contributed by atoms with van der Waals surface area (Å²) in [6, 6.07) is 13.5. The molecular weight excluding hydrogens is 317 g/mol. The van der Waals surface area contributed by atoms with Gasteiger partial charge in [0.2, 0.25) is 5.95 Å². The minimum Gasteiger partial charge on any atom is -0.365 e. The smallest absolute Gasteiger partial charge is 0.249 e. The number of hydrogen-bond donors (Lipinski definition) is 2. The lowest BCUT2D eigenvalue weighted by molar-refractivity contribution is 0.627. The molecule has 0 saturated carbocycles. The highest BCUT2D eigenvalue weighted by Crippen LogP contribution is 2.23. The molecule has 0 atom stereocenters. The largest absolute Gasteiger partial charge is 0.365 e. The number of para-hydroxylation sites is 1. The Morgan fingerprint density at radius 1 is 1.04 bits per heavy atom. The van der Waals surface area contributed by atoms with Gasteiger partial charge < -0.3 is 10.6 Å². The van der Waals surface area contributed by atoms with E-state index >= 15 is 0 Å². The van der Waals surface area contributed by atoms with E-state index in [2.05, 4.69) is 25.8 Å². The predicted molar refractivity (Wildman–Crippen MR) is 88.3 cm³/mol. The van der Waals surface area contributed by atoms with Gasteiger partial charge in [-0.2, -0.15) is 10.1 Å². The maximum Gasteiger partial charge on any atom is 0.249 e. The van der Waals surface area contributed by atoms with Crippen molar-refractivity contribution in [3.8, 4) is 0 Å². The van der Waals surface area contributed by atoms with Gasteiger partial charge in [-0.15, -0.1) is 5.10 Å². The fourth-order valence-corrected chi connectivity index (χ4v) is 2.10. The van der Waals surface area contributed by atoms with Crippen LogP contribution in [-0.4, -0.2) is 15.2 Å². The molecule has 3 rings (SSSR count). The number of anilines is 3. The Kier molecular flexibility index (Phi) is 4.63. The Balaban J connectivity index is 1.67. The number of halogens is 2. The van der Waals surface area contributed by atoms with Gasteiger partial charge in [0.15, 0.2) is 5.82 Å². The van der Waals surface area contributed by atoms with Crippen molar-refractivity contribution < 1.29 is 4.39 Å². The van der Waals surface area contributed by atoms with Crippen LogP contribution < -0.4 is 10.6 Å². The van der Waals surface area contributed by atoms with Gasteiger partial charge in [0.1, 0.15) is 5.82 Å². The summed E-state index contributed by atoms with van der Waals surface area (Å²) in [5.74, 6) is 0.629. The number of benzene rings is 2. The second-order valence-electron chi connectivity index (χ2n) is 4.75. The normalized spacial score (nSPS) is 10.3. The van der Waals surface area contributed by atoms with E-state index in [1.54, 1.807) is 18.2 Å². The number of rotatable bonds is 5. The summed E-state index contributed by atoms with van der Waals surface area (Å²) in [5, 5.41) is 14.5. The van der Waals surface area contributed by atoms with Gasteiger partial charge in [-0.1, -0.05) is 35.9 Å². The first-order valence-corrected chi connectivity index (χ1v) is 7.28. The molecule has 2 N–H and O–H groups in total. The van der Waals surface area contributed by atoms with Crippen LogP contribution in [0, 0.1) is 5.82 Å². The topological polar surface area (TPSA) is 62.7 Å². The number of nitrogens with zero attached hydrogens (tertiary/aromatic N) is 3. The lowest BCUT2D eigenvalue weighted by Crippen LogP contribution is -2.05. The maximum atomic E-state index is 12.9. The highest BCUT2D eigenvalue weighted by atomic mass is 35.5. The molecule has 0 aliphatic carbocycles. The van der Waals surface area contributed by atoms with E-state index in [1.807, 2.05) is 18.2 Å². The van der Waals surface area contributed by atoms with Crippen molar-refractivity contribution in [2.75, 3.05) is 10.6 Å². The summed E-state index contributed by atoms with van der Waals surface area (Å²) in [6.45, 7) is 0.504. The first kappa shape index (κ1) is 15.2. The van der Waals surface area contributed by atoms with Gasteiger partial charge in [0.05, 0.1) is 16.9 Å². The Labute approximate surface area is 137 Å². The molecule has 1 aromatic heterocycles. The lowest BCUT2D eigenvalue weighted by Gasteiger charge is -2.08. The van der Waals surface area contributed by atoms with E-state index in [1.165, 1.54) is 18.3 Å². The monoisotopic (exact) mass is 329 g/mol. The van der Waals surface area contributed by atoms with E-state index in [-0.39, 0.29) is 5.82 Å². The second-order valence-corrected chi connectivity index (χ2v) is 5.16. The molecule has 0 aliphatic rings. The zero-order valence-electron chi connectivity index (χ0n) is 12.0. The fraction of sp³-hybridized carbons (Fsp3) is 0.0625. The van der Waals surface area contributed by atoms with Crippen LogP contribution in [0.4, 0.5) is 21.8 Å². The van der Waals surface area contributed by atoms with Gasteiger partial charge in [-0.25, -0.2) is 4.39 Å². The van der Waals surface area contributed by atoms with Gasteiger partial charge in [-0.05, 0) is 29.8 Å². The zero-order chi connectivity index (χ0) is 16.1. The number of aromatic nitrogens is 3. The summed E-state index contributed by atoms with van der Waals surface area (Å²) in [5.41, 5.74) is 1.64. The SMILES string of the molecule is Fc1ccc(CNc2cnnc(Nc3ccccc3Cl)n2)cc1. The van der Waals surface area contributed by atoms with Crippen molar-refractivity contribution in [1.29, 1.82) is 0 Å². The average molecular weight is 330 g/mol. The van der Waals surface area contributed by atoms with E-state index in [4.69, 9.17) is 11.6 Å². The molecule has 3 aromatic rings. The van der Waals surface area contributed by atoms with Crippen molar-refractivity contribution >= 4 is 29.1 Å². The van der Waals surface area contributed by atoms with Crippen LogP contribution in [-0.2, 0) is 6.54 Å². The second kappa shape index (κ2) is 7.02. The summed E-state index contributed by atoms with van der Waals surface area (Å²) in [7, 11) is 0. The summed E-state index contributed by atoms with van der Waals surface area (Å²) < 4.78 is 12.9. The predicted octanol–water partition coefficient (Wildman–Crippen LogP) is 4.02. The highest BCUT2D eigenvalue weighted by molar-refractivity contribution is 6.33. The van der Waals surface area contributed by atoms with Crippen LogP contribution in [0.25, 0.3) is 0 Å². The van der Waals surface area contributed by atoms with Crippen molar-refractivity contribution in [1.82, 2.24) is 15.2 Å². The highest BCUT2D eigenvalue weighted by Gasteiger charge is 2.04. The van der Waals surface area contributed by atoms with Crippen molar-refractivity contribution in [3.63, 3.8) is 0 Å². The third-order valence-electron chi connectivity index (χ3n) is 3.07.